The first-order valence-electron chi connectivity index (χ1n) is 6.23. The first-order valence-corrected chi connectivity index (χ1v) is 6.23. The predicted molar refractivity (Wildman–Crippen MR) is 72.3 cm³/mol. The number of hydrogen-bond acceptors (Lipinski definition) is 7. The number of aromatic hydroxyl groups is 2. The van der Waals surface area contributed by atoms with Gasteiger partial charge in [0.25, 0.3) is 0 Å². The van der Waals surface area contributed by atoms with Crippen molar-refractivity contribution in [3.63, 3.8) is 0 Å². The molecule has 0 fully saturated rings. The number of benzene rings is 1. The fourth-order valence-electron chi connectivity index (χ4n) is 1.91. The number of aromatic nitrogens is 4. The average Bonchev–Trinajstić information content (AvgIpc) is 3.12. The first-order chi connectivity index (χ1) is 10.1. The van der Waals surface area contributed by atoms with Crippen LogP contribution >= 0.6 is 0 Å². The molecule has 0 saturated heterocycles. The molecule has 1 aromatic carbocycles. The van der Waals surface area contributed by atoms with Gasteiger partial charge < -0.3 is 25.5 Å². The molecule has 1 unspecified atom stereocenters. The van der Waals surface area contributed by atoms with E-state index in [0.29, 0.717) is 18.1 Å². The van der Waals surface area contributed by atoms with E-state index in [9.17, 15) is 10.2 Å². The Balaban J connectivity index is 1.76. The molecule has 108 valence electrons. The SMILES string of the molecule is NC(Cc1ccc(O)c(O)c1)c1nc(-c2ncc[nH]2)no1. The van der Waals surface area contributed by atoms with Crippen molar-refractivity contribution in [2.24, 2.45) is 5.73 Å². The van der Waals surface area contributed by atoms with Crippen LogP contribution in [0.1, 0.15) is 17.5 Å². The lowest BCUT2D eigenvalue weighted by atomic mass is 10.1. The minimum atomic E-state index is -0.523. The summed E-state index contributed by atoms with van der Waals surface area (Å²) in [7, 11) is 0. The maximum absolute atomic E-state index is 9.46. The van der Waals surface area contributed by atoms with Crippen molar-refractivity contribution in [2.75, 3.05) is 0 Å². The van der Waals surface area contributed by atoms with Crippen molar-refractivity contribution < 1.29 is 14.7 Å². The Morgan fingerprint density at radius 3 is 2.86 bits per heavy atom. The number of H-pyrrole nitrogens is 1. The monoisotopic (exact) mass is 287 g/mol. The lowest BCUT2D eigenvalue weighted by Crippen LogP contribution is -2.13. The van der Waals surface area contributed by atoms with Gasteiger partial charge in [-0.2, -0.15) is 4.98 Å². The molecule has 21 heavy (non-hydrogen) atoms. The molecule has 2 heterocycles. The number of phenols is 2. The Labute approximate surface area is 119 Å². The third-order valence-corrected chi connectivity index (χ3v) is 2.96. The maximum Gasteiger partial charge on any atom is 0.244 e. The van der Waals surface area contributed by atoms with E-state index in [1.165, 1.54) is 12.1 Å². The molecule has 8 nitrogen and oxygen atoms in total. The van der Waals surface area contributed by atoms with Crippen LogP contribution in [0.3, 0.4) is 0 Å². The summed E-state index contributed by atoms with van der Waals surface area (Å²) >= 11 is 0. The van der Waals surface area contributed by atoms with E-state index in [0.717, 1.165) is 5.56 Å². The van der Waals surface area contributed by atoms with Gasteiger partial charge in [0.2, 0.25) is 11.7 Å². The number of aromatic amines is 1. The Morgan fingerprint density at radius 1 is 1.29 bits per heavy atom. The molecule has 0 amide bonds. The van der Waals surface area contributed by atoms with E-state index in [4.69, 9.17) is 10.3 Å². The van der Waals surface area contributed by atoms with Crippen LogP contribution in [0.15, 0.2) is 35.1 Å². The minimum absolute atomic E-state index is 0.176. The number of phenolic OH excluding ortho intramolecular Hbond substituents is 2. The quantitative estimate of drug-likeness (QED) is 0.528. The maximum atomic E-state index is 9.46. The number of nitrogens with zero attached hydrogens (tertiary/aromatic N) is 3. The van der Waals surface area contributed by atoms with Crippen LogP contribution in [0.4, 0.5) is 0 Å². The second kappa shape index (κ2) is 5.25. The highest BCUT2D eigenvalue weighted by Crippen LogP contribution is 2.27. The van der Waals surface area contributed by atoms with Crippen molar-refractivity contribution in [2.45, 2.75) is 12.5 Å². The lowest BCUT2D eigenvalue weighted by molar-refractivity contribution is 0.354. The van der Waals surface area contributed by atoms with E-state index in [1.54, 1.807) is 18.5 Å². The number of hydrogen-bond donors (Lipinski definition) is 4. The molecule has 3 aromatic rings. The van der Waals surface area contributed by atoms with Crippen molar-refractivity contribution in [1.29, 1.82) is 0 Å². The minimum Gasteiger partial charge on any atom is -0.504 e. The molecule has 0 radical (unpaired) electrons. The van der Waals surface area contributed by atoms with Crippen molar-refractivity contribution in [1.82, 2.24) is 20.1 Å². The van der Waals surface area contributed by atoms with E-state index >= 15 is 0 Å². The van der Waals surface area contributed by atoms with Gasteiger partial charge in [0.1, 0.15) is 0 Å². The smallest absolute Gasteiger partial charge is 0.244 e. The predicted octanol–water partition coefficient (Wildman–Crippen LogP) is 1.11. The summed E-state index contributed by atoms with van der Waals surface area (Å²) < 4.78 is 5.12. The molecule has 0 aliphatic carbocycles. The van der Waals surface area contributed by atoms with Crippen LogP contribution in [0.25, 0.3) is 11.6 Å². The van der Waals surface area contributed by atoms with Crippen molar-refractivity contribution >= 4 is 0 Å². The first kappa shape index (κ1) is 13.1. The van der Waals surface area contributed by atoms with Gasteiger partial charge in [-0.05, 0) is 24.1 Å². The van der Waals surface area contributed by atoms with Crippen LogP contribution in [0.2, 0.25) is 0 Å². The zero-order chi connectivity index (χ0) is 14.8. The van der Waals surface area contributed by atoms with Crippen LogP contribution in [0.5, 0.6) is 11.5 Å². The topological polar surface area (TPSA) is 134 Å². The molecule has 0 aliphatic rings. The van der Waals surface area contributed by atoms with Gasteiger partial charge in [-0.3, -0.25) is 0 Å². The average molecular weight is 287 g/mol. The Hall–Kier alpha value is -2.87. The number of nitrogens with two attached hydrogens (primary N) is 1. The number of imidazole rings is 1. The van der Waals surface area contributed by atoms with E-state index in [-0.39, 0.29) is 17.4 Å². The molecule has 3 rings (SSSR count). The number of rotatable bonds is 4. The van der Waals surface area contributed by atoms with E-state index < -0.39 is 6.04 Å². The van der Waals surface area contributed by atoms with Gasteiger partial charge in [0.05, 0.1) is 6.04 Å². The van der Waals surface area contributed by atoms with E-state index in [2.05, 4.69) is 20.1 Å². The molecule has 0 spiro atoms. The summed E-state index contributed by atoms with van der Waals surface area (Å²) in [6.45, 7) is 0. The third-order valence-electron chi connectivity index (χ3n) is 2.96. The normalized spacial score (nSPS) is 12.4. The summed E-state index contributed by atoms with van der Waals surface area (Å²) in [5.41, 5.74) is 6.76. The third kappa shape index (κ3) is 2.70. The van der Waals surface area contributed by atoms with Gasteiger partial charge in [-0.15, -0.1) is 0 Å². The lowest BCUT2D eigenvalue weighted by Gasteiger charge is -2.07. The Morgan fingerprint density at radius 2 is 2.14 bits per heavy atom. The molecule has 0 saturated carbocycles. The highest BCUT2D eigenvalue weighted by Gasteiger charge is 2.17. The van der Waals surface area contributed by atoms with Gasteiger partial charge in [-0.25, -0.2) is 4.98 Å². The second-order valence-corrected chi connectivity index (χ2v) is 4.53. The molecular weight excluding hydrogens is 274 g/mol. The second-order valence-electron chi connectivity index (χ2n) is 4.53. The molecule has 5 N–H and O–H groups in total. The molecule has 8 heteroatoms. The zero-order valence-electron chi connectivity index (χ0n) is 10.9. The summed E-state index contributed by atoms with van der Waals surface area (Å²) in [6.07, 6.45) is 3.63. The number of nitrogens with one attached hydrogen (secondary N) is 1. The molecule has 0 bridgehead atoms. The van der Waals surface area contributed by atoms with Crippen LogP contribution in [-0.2, 0) is 6.42 Å². The standard InChI is InChI=1S/C13H13N5O3/c14-8(5-7-1-2-9(19)10(20)6-7)13-17-12(18-21-13)11-15-3-4-16-11/h1-4,6,8,19-20H,5,14H2,(H,15,16). The largest absolute Gasteiger partial charge is 0.504 e. The molecule has 0 aliphatic heterocycles. The fourth-order valence-corrected chi connectivity index (χ4v) is 1.91. The Kier molecular flexibility index (Phi) is 3.28. The van der Waals surface area contributed by atoms with Crippen LogP contribution in [-0.4, -0.2) is 30.3 Å². The van der Waals surface area contributed by atoms with Gasteiger partial charge in [0.15, 0.2) is 17.3 Å². The highest BCUT2D eigenvalue weighted by molar-refractivity contribution is 5.42. The summed E-state index contributed by atoms with van der Waals surface area (Å²) in [6, 6.07) is 3.99. The summed E-state index contributed by atoms with van der Waals surface area (Å²) in [5.74, 6) is 0.735. The van der Waals surface area contributed by atoms with Crippen LogP contribution < -0.4 is 5.73 Å². The summed E-state index contributed by atoms with van der Waals surface area (Å²) in [4.78, 5) is 11.1. The highest BCUT2D eigenvalue weighted by atomic mass is 16.5. The van der Waals surface area contributed by atoms with Gasteiger partial charge in [0, 0.05) is 12.4 Å². The zero-order valence-corrected chi connectivity index (χ0v) is 10.9. The molecule has 1 atom stereocenters. The van der Waals surface area contributed by atoms with Crippen molar-refractivity contribution in [3.8, 4) is 23.1 Å². The summed E-state index contributed by atoms with van der Waals surface area (Å²) in [5, 5.41) is 22.5. The van der Waals surface area contributed by atoms with Gasteiger partial charge in [-0.1, -0.05) is 11.2 Å². The van der Waals surface area contributed by atoms with Crippen molar-refractivity contribution in [3.05, 3.63) is 42.0 Å². The molecular formula is C13H13N5O3. The van der Waals surface area contributed by atoms with E-state index in [1.807, 2.05) is 0 Å². The van der Waals surface area contributed by atoms with Gasteiger partial charge >= 0.3 is 0 Å². The Bertz CT molecular complexity index is 738. The fraction of sp³-hybridized carbons (Fsp3) is 0.154. The van der Waals surface area contributed by atoms with Crippen LogP contribution in [0, 0.1) is 0 Å². The molecule has 2 aromatic heterocycles.